The van der Waals surface area contributed by atoms with Crippen LogP contribution >= 0.6 is 0 Å². The van der Waals surface area contributed by atoms with Gasteiger partial charge in [-0.25, -0.2) is 0 Å². The molecular formula is C19H22N2O3. The van der Waals surface area contributed by atoms with Crippen LogP contribution in [0.25, 0.3) is 10.9 Å². The largest absolute Gasteiger partial charge is 0.467 e. The summed E-state index contributed by atoms with van der Waals surface area (Å²) in [7, 11) is 0. The van der Waals surface area contributed by atoms with E-state index < -0.39 is 6.10 Å². The molecule has 0 fully saturated rings. The molecule has 0 aliphatic carbocycles. The van der Waals surface area contributed by atoms with Crippen LogP contribution in [-0.4, -0.2) is 40.8 Å². The van der Waals surface area contributed by atoms with Gasteiger partial charge in [0.25, 0.3) is 0 Å². The fourth-order valence-electron chi connectivity index (χ4n) is 3.45. The number of para-hydroxylation sites is 1. The maximum atomic E-state index is 10.2. The fraction of sp³-hybridized carbons (Fsp3) is 0.368. The van der Waals surface area contributed by atoms with E-state index in [0.29, 0.717) is 19.8 Å². The molecule has 5 heteroatoms. The average Bonchev–Trinajstić information content (AvgIpc) is 3.21. The smallest absolute Gasteiger partial charge is 0.129 e. The highest BCUT2D eigenvalue weighted by Crippen LogP contribution is 2.27. The van der Waals surface area contributed by atoms with Gasteiger partial charge in [0.15, 0.2) is 0 Å². The number of nitrogens with one attached hydrogen (secondary N) is 1. The maximum absolute atomic E-state index is 10.2. The number of aliphatic hydroxyl groups excluding tert-OH is 1. The Morgan fingerprint density at radius 1 is 1.25 bits per heavy atom. The second-order valence-electron chi connectivity index (χ2n) is 6.36. The molecule has 0 radical (unpaired) electrons. The van der Waals surface area contributed by atoms with Crippen LogP contribution in [0, 0.1) is 0 Å². The number of aromatic nitrogens is 1. The summed E-state index contributed by atoms with van der Waals surface area (Å²) in [6, 6.07) is 12.1. The van der Waals surface area contributed by atoms with Gasteiger partial charge in [-0.15, -0.1) is 0 Å². The number of nitrogens with zero attached hydrogens (tertiary/aromatic N) is 1. The normalized spacial score (nSPS) is 16.4. The lowest BCUT2D eigenvalue weighted by molar-refractivity contribution is 0.00298. The Kier molecular flexibility index (Phi) is 4.38. The Bertz CT molecular complexity index is 794. The Morgan fingerprint density at radius 2 is 2.17 bits per heavy atom. The molecule has 0 amide bonds. The first-order valence-corrected chi connectivity index (χ1v) is 8.38. The van der Waals surface area contributed by atoms with Crippen LogP contribution in [0.15, 0.2) is 47.1 Å². The van der Waals surface area contributed by atoms with Gasteiger partial charge in [-0.2, -0.15) is 0 Å². The highest BCUT2D eigenvalue weighted by molar-refractivity contribution is 5.84. The van der Waals surface area contributed by atoms with Gasteiger partial charge in [-0.3, -0.25) is 4.90 Å². The molecule has 0 saturated carbocycles. The maximum Gasteiger partial charge on any atom is 0.129 e. The molecule has 2 aromatic heterocycles. The van der Waals surface area contributed by atoms with Crippen LogP contribution in [0.1, 0.15) is 17.0 Å². The minimum atomic E-state index is -0.495. The zero-order chi connectivity index (χ0) is 16.4. The average molecular weight is 326 g/mol. The summed E-state index contributed by atoms with van der Waals surface area (Å²) >= 11 is 0. The third kappa shape index (κ3) is 3.24. The highest BCUT2D eigenvalue weighted by atomic mass is 16.5. The van der Waals surface area contributed by atoms with Crippen LogP contribution in [-0.2, 0) is 24.3 Å². The van der Waals surface area contributed by atoms with Crippen molar-refractivity contribution in [1.29, 1.82) is 0 Å². The number of hydrogen-bond acceptors (Lipinski definition) is 4. The van der Waals surface area contributed by atoms with Crippen molar-refractivity contribution in [3.8, 4) is 0 Å². The molecule has 0 spiro atoms. The van der Waals surface area contributed by atoms with E-state index in [9.17, 15) is 5.11 Å². The van der Waals surface area contributed by atoms with E-state index in [1.165, 1.54) is 22.2 Å². The first kappa shape index (κ1) is 15.4. The van der Waals surface area contributed by atoms with Crippen molar-refractivity contribution in [2.24, 2.45) is 0 Å². The number of benzene rings is 1. The standard InChI is InChI=1S/C19H22N2O3/c22-14(12-23-13-15-4-3-9-24-15)10-21-8-7-17-16-5-1-2-6-18(16)20-19(17)11-21/h1-6,9,14,20,22H,7-8,10-13H2. The first-order chi connectivity index (χ1) is 11.8. The second-order valence-corrected chi connectivity index (χ2v) is 6.36. The van der Waals surface area contributed by atoms with Crippen LogP contribution in [0.5, 0.6) is 0 Å². The Labute approximate surface area is 140 Å². The minimum absolute atomic E-state index is 0.316. The lowest BCUT2D eigenvalue weighted by Crippen LogP contribution is -2.38. The van der Waals surface area contributed by atoms with Gasteiger partial charge in [0.2, 0.25) is 0 Å². The van der Waals surface area contributed by atoms with Crippen LogP contribution in [0.4, 0.5) is 0 Å². The Balaban J connectivity index is 1.31. The summed E-state index contributed by atoms with van der Waals surface area (Å²) in [6.07, 6.45) is 2.14. The molecule has 2 N–H and O–H groups in total. The summed E-state index contributed by atoms with van der Waals surface area (Å²) in [4.78, 5) is 5.79. The van der Waals surface area contributed by atoms with Crippen LogP contribution in [0.3, 0.4) is 0 Å². The van der Waals surface area contributed by atoms with E-state index in [1.54, 1.807) is 6.26 Å². The van der Waals surface area contributed by atoms with Gasteiger partial charge in [-0.1, -0.05) is 18.2 Å². The van der Waals surface area contributed by atoms with Crippen LogP contribution in [0.2, 0.25) is 0 Å². The molecule has 1 atom stereocenters. The summed E-state index contributed by atoms with van der Waals surface area (Å²) in [5, 5.41) is 11.5. The van der Waals surface area contributed by atoms with Crippen molar-refractivity contribution < 1.29 is 14.3 Å². The van der Waals surface area contributed by atoms with Crippen molar-refractivity contribution in [3.05, 3.63) is 59.7 Å². The zero-order valence-corrected chi connectivity index (χ0v) is 13.6. The van der Waals surface area contributed by atoms with Crippen molar-refractivity contribution in [1.82, 2.24) is 9.88 Å². The predicted molar refractivity (Wildman–Crippen MR) is 91.7 cm³/mol. The second kappa shape index (κ2) is 6.81. The van der Waals surface area contributed by atoms with Gasteiger partial charge in [0.05, 0.1) is 19.0 Å². The van der Waals surface area contributed by atoms with Gasteiger partial charge < -0.3 is 19.2 Å². The molecule has 5 nitrogen and oxygen atoms in total. The monoisotopic (exact) mass is 326 g/mol. The van der Waals surface area contributed by atoms with Gasteiger partial charge in [0.1, 0.15) is 12.4 Å². The minimum Gasteiger partial charge on any atom is -0.467 e. The van der Waals surface area contributed by atoms with E-state index in [0.717, 1.165) is 25.3 Å². The number of ether oxygens (including phenoxy) is 1. The van der Waals surface area contributed by atoms with Gasteiger partial charge in [-0.05, 0) is 30.2 Å². The summed E-state index contributed by atoms with van der Waals surface area (Å²) in [5.74, 6) is 0.780. The van der Waals surface area contributed by atoms with Gasteiger partial charge >= 0.3 is 0 Å². The number of rotatable bonds is 6. The Morgan fingerprint density at radius 3 is 3.04 bits per heavy atom. The third-order valence-corrected chi connectivity index (χ3v) is 4.57. The van der Waals surface area contributed by atoms with Crippen molar-refractivity contribution in [2.45, 2.75) is 25.7 Å². The predicted octanol–water partition coefficient (Wildman–Crippen LogP) is 2.70. The molecule has 3 heterocycles. The molecule has 1 aliphatic heterocycles. The zero-order valence-electron chi connectivity index (χ0n) is 13.6. The number of furan rings is 1. The molecule has 1 aromatic carbocycles. The molecule has 126 valence electrons. The van der Waals surface area contributed by atoms with Gasteiger partial charge in [0, 0.05) is 36.2 Å². The number of aliphatic hydroxyl groups is 1. The van der Waals surface area contributed by atoms with Crippen LogP contribution < -0.4 is 0 Å². The van der Waals surface area contributed by atoms with E-state index in [-0.39, 0.29) is 0 Å². The summed E-state index contributed by atoms with van der Waals surface area (Å²) < 4.78 is 10.7. The quantitative estimate of drug-likeness (QED) is 0.731. The molecule has 0 bridgehead atoms. The number of H-pyrrole nitrogens is 1. The highest BCUT2D eigenvalue weighted by Gasteiger charge is 2.22. The third-order valence-electron chi connectivity index (χ3n) is 4.57. The molecule has 1 aliphatic rings. The molecule has 1 unspecified atom stereocenters. The number of hydrogen-bond donors (Lipinski definition) is 2. The van der Waals surface area contributed by atoms with Crippen molar-refractivity contribution >= 4 is 10.9 Å². The summed E-state index contributed by atoms with van der Waals surface area (Å²) in [6.45, 7) is 3.14. The number of aromatic amines is 1. The number of fused-ring (bicyclic) bond motifs is 3. The molecular weight excluding hydrogens is 304 g/mol. The SMILES string of the molecule is OC(COCc1ccco1)CN1CCc2c([nH]c3ccccc23)C1. The topological polar surface area (TPSA) is 61.6 Å². The van der Waals surface area contributed by atoms with E-state index in [4.69, 9.17) is 9.15 Å². The molecule has 3 aromatic rings. The first-order valence-electron chi connectivity index (χ1n) is 8.38. The molecule has 0 saturated heterocycles. The molecule has 24 heavy (non-hydrogen) atoms. The van der Waals surface area contributed by atoms with E-state index in [2.05, 4.69) is 34.1 Å². The van der Waals surface area contributed by atoms with E-state index >= 15 is 0 Å². The molecule has 4 rings (SSSR count). The van der Waals surface area contributed by atoms with Crippen molar-refractivity contribution in [3.63, 3.8) is 0 Å². The Hall–Kier alpha value is -2.08. The van der Waals surface area contributed by atoms with Crippen molar-refractivity contribution in [2.75, 3.05) is 19.7 Å². The lowest BCUT2D eigenvalue weighted by atomic mass is 10.0. The lowest BCUT2D eigenvalue weighted by Gasteiger charge is -2.28. The summed E-state index contributed by atoms with van der Waals surface area (Å²) in [5.41, 5.74) is 3.89. The number of β-amino-alcohol motifs (C(OH)–C–C–N with tert-alkyl or cyclic N) is 1. The fourth-order valence-corrected chi connectivity index (χ4v) is 3.45. The van der Waals surface area contributed by atoms with E-state index in [1.807, 2.05) is 12.1 Å².